The number of aromatic nitrogens is 1. The summed E-state index contributed by atoms with van der Waals surface area (Å²) in [5.74, 6) is 1.07. The average Bonchev–Trinajstić information content (AvgIpc) is 2.79. The van der Waals surface area contributed by atoms with Crippen LogP contribution in [0.15, 0.2) is 83.9 Å². The van der Waals surface area contributed by atoms with Crippen molar-refractivity contribution >= 4 is 17.6 Å². The van der Waals surface area contributed by atoms with Gasteiger partial charge in [-0.1, -0.05) is 66.7 Å². The lowest BCUT2D eigenvalue weighted by atomic mass is 10.0. The number of carbonyl (C=O) groups is 1. The summed E-state index contributed by atoms with van der Waals surface area (Å²) < 4.78 is 6.09. The second-order valence-electron chi connectivity index (χ2n) is 7.62. The van der Waals surface area contributed by atoms with Crippen LogP contribution >= 0.6 is 0 Å². The van der Waals surface area contributed by atoms with E-state index in [1.807, 2.05) is 85.8 Å². The van der Waals surface area contributed by atoms with Crippen molar-refractivity contribution in [2.75, 3.05) is 6.54 Å². The van der Waals surface area contributed by atoms with Crippen molar-refractivity contribution in [1.82, 2.24) is 9.88 Å². The quantitative estimate of drug-likeness (QED) is 0.584. The Morgan fingerprint density at radius 1 is 1.00 bits per heavy atom. The number of pyridine rings is 1. The standard InChI is InChI=1S/C25H25N3O3/c1-18-17-21(15-16-28(18)25(29)30)31-23-14-8-13-22(26-23)27-24(19-9-4-2-5-10-19)20-11-6-3-7-12-20/h2-14,18,21H,15-17H2,1H3,(H,29,30). The Kier molecular flexibility index (Phi) is 6.26. The predicted molar refractivity (Wildman–Crippen MR) is 120 cm³/mol. The molecule has 0 spiro atoms. The van der Waals surface area contributed by atoms with Crippen LogP contribution in [0.3, 0.4) is 0 Å². The molecule has 2 unspecified atom stereocenters. The molecule has 1 N–H and O–H groups in total. The summed E-state index contributed by atoms with van der Waals surface area (Å²) in [5, 5.41) is 9.25. The summed E-state index contributed by atoms with van der Waals surface area (Å²) in [4.78, 5) is 22.2. The van der Waals surface area contributed by atoms with Crippen molar-refractivity contribution < 1.29 is 14.6 Å². The van der Waals surface area contributed by atoms with Gasteiger partial charge in [-0.25, -0.2) is 9.79 Å². The largest absolute Gasteiger partial charge is 0.474 e. The molecule has 1 saturated heterocycles. The van der Waals surface area contributed by atoms with Crippen molar-refractivity contribution in [3.05, 3.63) is 90.0 Å². The number of ether oxygens (including phenoxy) is 1. The SMILES string of the molecule is CC1CC(Oc2cccc(N=C(c3ccccc3)c3ccccc3)n2)CCN1C(=O)O. The molecule has 6 nitrogen and oxygen atoms in total. The van der Waals surface area contributed by atoms with Crippen molar-refractivity contribution in [2.45, 2.75) is 31.9 Å². The fourth-order valence-corrected chi connectivity index (χ4v) is 3.83. The maximum atomic E-state index is 11.3. The lowest BCUT2D eigenvalue weighted by Crippen LogP contribution is -2.46. The van der Waals surface area contributed by atoms with E-state index >= 15 is 0 Å². The Bertz CT molecular complexity index is 1010. The van der Waals surface area contributed by atoms with Gasteiger partial charge in [-0.2, -0.15) is 4.98 Å². The molecule has 4 rings (SSSR count). The summed E-state index contributed by atoms with van der Waals surface area (Å²) in [6.45, 7) is 2.37. The molecule has 2 atom stereocenters. The van der Waals surface area contributed by atoms with Gasteiger partial charge < -0.3 is 14.7 Å². The lowest BCUT2D eigenvalue weighted by molar-refractivity contribution is 0.0585. The Balaban J connectivity index is 1.57. The van der Waals surface area contributed by atoms with Crippen LogP contribution in [0, 0.1) is 0 Å². The molecule has 1 aliphatic rings. The normalized spacial score (nSPS) is 18.3. The first-order valence-electron chi connectivity index (χ1n) is 10.4. The molecule has 2 heterocycles. The lowest BCUT2D eigenvalue weighted by Gasteiger charge is -2.35. The molecule has 158 valence electrons. The second kappa shape index (κ2) is 9.43. The van der Waals surface area contributed by atoms with Gasteiger partial charge in [0.25, 0.3) is 0 Å². The molecular weight excluding hydrogens is 390 g/mol. The highest BCUT2D eigenvalue weighted by molar-refractivity contribution is 6.13. The fraction of sp³-hybridized carbons (Fsp3) is 0.240. The van der Waals surface area contributed by atoms with Crippen LogP contribution in [-0.2, 0) is 0 Å². The minimum Gasteiger partial charge on any atom is -0.474 e. The van der Waals surface area contributed by atoms with E-state index in [0.717, 1.165) is 16.8 Å². The number of rotatable bonds is 5. The Morgan fingerprint density at radius 3 is 2.23 bits per heavy atom. The maximum Gasteiger partial charge on any atom is 0.407 e. The Hall–Kier alpha value is -3.67. The molecular formula is C25H25N3O3. The van der Waals surface area contributed by atoms with Crippen LogP contribution in [-0.4, -0.2) is 45.5 Å². The number of piperidine rings is 1. The van der Waals surface area contributed by atoms with Crippen molar-refractivity contribution in [1.29, 1.82) is 0 Å². The summed E-state index contributed by atoms with van der Waals surface area (Å²) in [7, 11) is 0. The van der Waals surface area contributed by atoms with Crippen LogP contribution in [0.25, 0.3) is 0 Å². The monoisotopic (exact) mass is 415 g/mol. The van der Waals surface area contributed by atoms with Crippen LogP contribution in [0.1, 0.15) is 30.9 Å². The number of aliphatic imine (C=N–C) groups is 1. The summed E-state index contributed by atoms with van der Waals surface area (Å²) in [5.41, 5.74) is 2.86. The number of hydrogen-bond donors (Lipinski definition) is 1. The van der Waals surface area contributed by atoms with E-state index in [4.69, 9.17) is 9.73 Å². The Morgan fingerprint density at radius 2 is 1.65 bits per heavy atom. The number of nitrogens with zero attached hydrogens (tertiary/aromatic N) is 3. The summed E-state index contributed by atoms with van der Waals surface area (Å²) >= 11 is 0. The minimum absolute atomic E-state index is 0.0694. The van der Waals surface area contributed by atoms with Crippen LogP contribution in [0.4, 0.5) is 10.6 Å². The molecule has 31 heavy (non-hydrogen) atoms. The number of benzene rings is 2. The van der Waals surface area contributed by atoms with Gasteiger partial charge in [-0.3, -0.25) is 0 Å². The van der Waals surface area contributed by atoms with Gasteiger partial charge in [0, 0.05) is 42.6 Å². The highest BCUT2D eigenvalue weighted by atomic mass is 16.5. The molecule has 0 aliphatic carbocycles. The fourth-order valence-electron chi connectivity index (χ4n) is 3.83. The third-order valence-electron chi connectivity index (χ3n) is 5.39. The van der Waals surface area contributed by atoms with Crippen molar-refractivity contribution in [3.63, 3.8) is 0 Å². The van der Waals surface area contributed by atoms with Crippen LogP contribution in [0.5, 0.6) is 5.88 Å². The summed E-state index contributed by atoms with van der Waals surface area (Å²) in [6.07, 6.45) is 0.334. The van der Waals surface area contributed by atoms with Gasteiger partial charge in [-0.05, 0) is 13.0 Å². The first-order chi connectivity index (χ1) is 15.1. The van der Waals surface area contributed by atoms with E-state index in [2.05, 4.69) is 4.98 Å². The van der Waals surface area contributed by atoms with E-state index in [1.165, 1.54) is 4.90 Å². The number of hydrogen-bond acceptors (Lipinski definition) is 4. The highest BCUT2D eigenvalue weighted by Gasteiger charge is 2.29. The number of likely N-dealkylation sites (tertiary alicyclic amines) is 1. The third kappa shape index (κ3) is 5.09. The van der Waals surface area contributed by atoms with E-state index in [0.29, 0.717) is 31.1 Å². The van der Waals surface area contributed by atoms with E-state index in [9.17, 15) is 9.90 Å². The summed E-state index contributed by atoms with van der Waals surface area (Å²) in [6, 6.07) is 25.5. The van der Waals surface area contributed by atoms with Gasteiger partial charge in [-0.15, -0.1) is 0 Å². The average molecular weight is 415 g/mol. The zero-order valence-corrected chi connectivity index (χ0v) is 17.4. The van der Waals surface area contributed by atoms with E-state index < -0.39 is 6.09 Å². The molecule has 2 aromatic carbocycles. The van der Waals surface area contributed by atoms with Crippen molar-refractivity contribution in [2.24, 2.45) is 4.99 Å². The Labute approximate surface area is 181 Å². The smallest absolute Gasteiger partial charge is 0.407 e. The number of carboxylic acid groups (broad SMARTS) is 1. The predicted octanol–water partition coefficient (Wildman–Crippen LogP) is 5.16. The molecule has 1 amide bonds. The molecule has 0 saturated carbocycles. The first kappa shape index (κ1) is 20.6. The molecule has 0 bridgehead atoms. The minimum atomic E-state index is -0.880. The van der Waals surface area contributed by atoms with Gasteiger partial charge >= 0.3 is 6.09 Å². The molecule has 6 heteroatoms. The highest BCUT2D eigenvalue weighted by Crippen LogP contribution is 2.24. The second-order valence-corrected chi connectivity index (χ2v) is 7.62. The van der Waals surface area contributed by atoms with Gasteiger partial charge in [0.1, 0.15) is 6.10 Å². The molecule has 3 aromatic rings. The zero-order chi connectivity index (χ0) is 21.6. The topological polar surface area (TPSA) is 75.0 Å². The zero-order valence-electron chi connectivity index (χ0n) is 17.4. The van der Waals surface area contributed by atoms with Gasteiger partial charge in [0.15, 0.2) is 5.82 Å². The molecule has 1 aromatic heterocycles. The van der Waals surface area contributed by atoms with E-state index in [-0.39, 0.29) is 12.1 Å². The van der Waals surface area contributed by atoms with Crippen LogP contribution < -0.4 is 4.74 Å². The van der Waals surface area contributed by atoms with Crippen molar-refractivity contribution in [3.8, 4) is 5.88 Å². The third-order valence-corrected chi connectivity index (χ3v) is 5.39. The maximum absolute atomic E-state index is 11.3. The molecule has 1 fully saturated rings. The van der Waals surface area contributed by atoms with Gasteiger partial charge in [0.2, 0.25) is 5.88 Å². The van der Waals surface area contributed by atoms with Crippen LogP contribution in [0.2, 0.25) is 0 Å². The number of amides is 1. The first-order valence-corrected chi connectivity index (χ1v) is 10.4. The molecule has 1 aliphatic heterocycles. The van der Waals surface area contributed by atoms with E-state index in [1.54, 1.807) is 0 Å². The van der Waals surface area contributed by atoms with Gasteiger partial charge in [0.05, 0.1) is 5.71 Å². The molecule has 0 radical (unpaired) electrons.